The highest BCUT2D eigenvalue weighted by Gasteiger charge is 2.14. The van der Waals surface area contributed by atoms with Crippen LogP contribution in [0.4, 0.5) is 5.69 Å². The Morgan fingerprint density at radius 1 is 1.61 bits per heavy atom. The van der Waals surface area contributed by atoms with E-state index in [1.807, 2.05) is 13.0 Å². The molecule has 4 nitrogen and oxygen atoms in total. The molecular weight excluding hydrogens is 250 g/mol. The van der Waals surface area contributed by atoms with Crippen LogP contribution < -0.4 is 11.1 Å². The lowest BCUT2D eigenvalue weighted by Gasteiger charge is -2.12. The fraction of sp³-hybridized carbons (Fsp3) is 0.385. The molecule has 0 saturated carbocycles. The van der Waals surface area contributed by atoms with Crippen molar-refractivity contribution < 1.29 is 4.79 Å². The molecule has 0 aliphatic rings. The molecule has 0 radical (unpaired) electrons. The van der Waals surface area contributed by atoms with Gasteiger partial charge in [0.2, 0.25) is 5.91 Å². The molecular formula is C13H16ClN3O. The molecule has 0 spiro atoms. The van der Waals surface area contributed by atoms with E-state index in [1.54, 1.807) is 12.1 Å². The lowest BCUT2D eigenvalue weighted by atomic mass is 10.1. The van der Waals surface area contributed by atoms with Gasteiger partial charge in [-0.25, -0.2) is 0 Å². The average molecular weight is 266 g/mol. The Labute approximate surface area is 112 Å². The lowest BCUT2D eigenvalue weighted by Crippen LogP contribution is -2.35. The topological polar surface area (TPSA) is 78.9 Å². The van der Waals surface area contributed by atoms with Crippen molar-refractivity contribution in [2.24, 2.45) is 5.73 Å². The van der Waals surface area contributed by atoms with E-state index in [0.29, 0.717) is 22.7 Å². The Morgan fingerprint density at radius 3 is 2.89 bits per heavy atom. The van der Waals surface area contributed by atoms with Crippen LogP contribution in [-0.4, -0.2) is 11.9 Å². The maximum atomic E-state index is 11.8. The summed E-state index contributed by atoms with van der Waals surface area (Å²) >= 11 is 5.95. The van der Waals surface area contributed by atoms with Crippen LogP contribution in [0.25, 0.3) is 0 Å². The fourth-order valence-electron chi connectivity index (χ4n) is 1.47. The van der Waals surface area contributed by atoms with E-state index in [-0.39, 0.29) is 5.91 Å². The molecule has 1 amide bonds. The van der Waals surface area contributed by atoms with Gasteiger partial charge in [0.1, 0.15) is 0 Å². The highest BCUT2D eigenvalue weighted by molar-refractivity contribution is 6.33. The minimum absolute atomic E-state index is 0.255. The molecule has 18 heavy (non-hydrogen) atoms. The third-order valence-corrected chi connectivity index (χ3v) is 2.87. The van der Waals surface area contributed by atoms with Gasteiger partial charge in [-0.2, -0.15) is 5.26 Å². The molecule has 1 unspecified atom stereocenters. The molecule has 3 N–H and O–H groups in total. The number of nitrogens with two attached hydrogens (primary N) is 1. The van der Waals surface area contributed by atoms with Crippen LogP contribution in [0.15, 0.2) is 18.2 Å². The first-order valence-corrected chi connectivity index (χ1v) is 6.22. The molecule has 0 aliphatic carbocycles. The van der Waals surface area contributed by atoms with E-state index in [1.165, 1.54) is 6.07 Å². The standard InChI is InChI=1S/C13H16ClN3O/c1-2-3-4-11(16)13(18)17-12-6-5-9(8-15)7-10(12)14/h5-7,11H,2-4,16H2,1H3,(H,17,18). The SMILES string of the molecule is CCCCC(N)C(=O)Nc1ccc(C#N)cc1Cl. The maximum Gasteiger partial charge on any atom is 0.241 e. The predicted molar refractivity (Wildman–Crippen MR) is 72.3 cm³/mol. The van der Waals surface area contributed by atoms with E-state index >= 15 is 0 Å². The number of anilines is 1. The van der Waals surface area contributed by atoms with E-state index in [9.17, 15) is 4.79 Å². The number of carbonyl (C=O) groups is 1. The van der Waals surface area contributed by atoms with Crippen molar-refractivity contribution in [2.75, 3.05) is 5.32 Å². The summed E-state index contributed by atoms with van der Waals surface area (Å²) in [5.74, 6) is -0.255. The second-order valence-corrected chi connectivity index (χ2v) is 4.45. The Balaban J connectivity index is 2.67. The summed E-state index contributed by atoms with van der Waals surface area (Å²) in [7, 11) is 0. The van der Waals surface area contributed by atoms with Gasteiger partial charge in [-0.1, -0.05) is 31.4 Å². The monoisotopic (exact) mass is 265 g/mol. The van der Waals surface area contributed by atoms with Crippen LogP contribution in [0, 0.1) is 11.3 Å². The summed E-state index contributed by atoms with van der Waals surface area (Å²) in [4.78, 5) is 11.8. The number of amides is 1. The molecule has 1 rings (SSSR count). The molecule has 0 bridgehead atoms. The number of benzene rings is 1. The second kappa shape index (κ2) is 7.00. The summed E-state index contributed by atoms with van der Waals surface area (Å²) in [5.41, 5.74) is 6.68. The molecule has 0 heterocycles. The zero-order valence-electron chi connectivity index (χ0n) is 10.2. The molecule has 96 valence electrons. The Bertz CT molecular complexity index is 468. The van der Waals surface area contributed by atoms with Crippen LogP contribution in [0.2, 0.25) is 5.02 Å². The van der Waals surface area contributed by atoms with E-state index in [2.05, 4.69) is 5.32 Å². The molecule has 0 saturated heterocycles. The normalized spacial score (nSPS) is 11.7. The molecule has 0 aliphatic heterocycles. The van der Waals surface area contributed by atoms with Crippen molar-refractivity contribution in [1.29, 1.82) is 5.26 Å². The van der Waals surface area contributed by atoms with Gasteiger partial charge in [0.15, 0.2) is 0 Å². The number of nitriles is 1. The molecule has 5 heteroatoms. The highest BCUT2D eigenvalue weighted by atomic mass is 35.5. The average Bonchev–Trinajstić information content (AvgIpc) is 2.38. The summed E-state index contributed by atoms with van der Waals surface area (Å²) in [5, 5.41) is 11.7. The number of hydrogen-bond donors (Lipinski definition) is 2. The predicted octanol–water partition coefficient (Wildman–Crippen LogP) is 2.67. The van der Waals surface area contributed by atoms with Crippen LogP contribution in [-0.2, 0) is 4.79 Å². The zero-order valence-corrected chi connectivity index (χ0v) is 11.0. The largest absolute Gasteiger partial charge is 0.323 e. The number of halogens is 1. The van der Waals surface area contributed by atoms with Crippen LogP contribution in [0.3, 0.4) is 0 Å². The van der Waals surface area contributed by atoms with Crippen LogP contribution in [0.1, 0.15) is 31.7 Å². The molecule has 1 aromatic carbocycles. The first kappa shape index (κ1) is 14.5. The van der Waals surface area contributed by atoms with Crippen molar-refractivity contribution in [2.45, 2.75) is 32.2 Å². The van der Waals surface area contributed by atoms with E-state index in [4.69, 9.17) is 22.6 Å². The number of nitrogens with one attached hydrogen (secondary N) is 1. The third kappa shape index (κ3) is 4.02. The molecule has 1 aromatic rings. The van der Waals surface area contributed by atoms with Crippen molar-refractivity contribution >= 4 is 23.2 Å². The van der Waals surface area contributed by atoms with Crippen molar-refractivity contribution in [3.63, 3.8) is 0 Å². The summed E-state index contributed by atoms with van der Waals surface area (Å²) < 4.78 is 0. The Kier molecular flexibility index (Phi) is 5.63. The highest BCUT2D eigenvalue weighted by Crippen LogP contribution is 2.22. The minimum atomic E-state index is -0.531. The molecule has 1 atom stereocenters. The summed E-state index contributed by atoms with van der Waals surface area (Å²) in [6.07, 6.45) is 2.56. The van der Waals surface area contributed by atoms with E-state index in [0.717, 1.165) is 12.8 Å². The van der Waals surface area contributed by atoms with Gasteiger partial charge in [-0.15, -0.1) is 0 Å². The van der Waals surface area contributed by atoms with Gasteiger partial charge in [-0.05, 0) is 24.6 Å². The van der Waals surface area contributed by atoms with Gasteiger partial charge in [0.05, 0.1) is 28.4 Å². The third-order valence-electron chi connectivity index (χ3n) is 2.56. The van der Waals surface area contributed by atoms with Crippen LogP contribution in [0.5, 0.6) is 0 Å². The Morgan fingerprint density at radius 2 is 2.33 bits per heavy atom. The Hall–Kier alpha value is -1.57. The first-order valence-electron chi connectivity index (χ1n) is 5.84. The van der Waals surface area contributed by atoms with Gasteiger partial charge < -0.3 is 11.1 Å². The van der Waals surface area contributed by atoms with Gasteiger partial charge in [0, 0.05) is 0 Å². The smallest absolute Gasteiger partial charge is 0.241 e. The number of nitrogens with zero attached hydrogens (tertiary/aromatic N) is 1. The van der Waals surface area contributed by atoms with Crippen molar-refractivity contribution in [3.8, 4) is 6.07 Å². The second-order valence-electron chi connectivity index (χ2n) is 4.04. The van der Waals surface area contributed by atoms with Crippen molar-refractivity contribution in [1.82, 2.24) is 0 Å². The number of unbranched alkanes of at least 4 members (excludes halogenated alkanes) is 1. The molecule has 0 aromatic heterocycles. The number of hydrogen-bond acceptors (Lipinski definition) is 3. The van der Waals surface area contributed by atoms with Gasteiger partial charge >= 0.3 is 0 Å². The quantitative estimate of drug-likeness (QED) is 0.859. The summed E-state index contributed by atoms with van der Waals surface area (Å²) in [6.45, 7) is 2.04. The maximum absolute atomic E-state index is 11.8. The lowest BCUT2D eigenvalue weighted by molar-refractivity contribution is -0.117. The zero-order chi connectivity index (χ0) is 13.5. The summed E-state index contributed by atoms with van der Waals surface area (Å²) in [6, 6.07) is 6.15. The minimum Gasteiger partial charge on any atom is -0.323 e. The van der Waals surface area contributed by atoms with E-state index < -0.39 is 6.04 Å². The number of carbonyl (C=O) groups excluding carboxylic acids is 1. The van der Waals surface area contributed by atoms with Crippen molar-refractivity contribution in [3.05, 3.63) is 28.8 Å². The molecule has 0 fully saturated rings. The fourth-order valence-corrected chi connectivity index (χ4v) is 1.69. The number of rotatable bonds is 5. The first-order chi connectivity index (χ1) is 8.58. The van der Waals surface area contributed by atoms with Gasteiger partial charge in [0.25, 0.3) is 0 Å². The van der Waals surface area contributed by atoms with Gasteiger partial charge in [-0.3, -0.25) is 4.79 Å². The van der Waals surface area contributed by atoms with Crippen LogP contribution >= 0.6 is 11.6 Å².